The smallest absolute Gasteiger partial charge is 0.306 e. The molecule has 0 radical (unpaired) electrons. The summed E-state index contributed by atoms with van der Waals surface area (Å²) in [5.74, 6) is -0.822. The summed E-state index contributed by atoms with van der Waals surface area (Å²) in [6.45, 7) is 6.74. The van der Waals surface area contributed by atoms with Crippen LogP contribution in [0.4, 0.5) is 0 Å². The Morgan fingerprint density at radius 1 is 0.232 bits per heavy atom. The van der Waals surface area contributed by atoms with E-state index < -0.39 is 6.10 Å². The van der Waals surface area contributed by atoms with Gasteiger partial charge in [-0.3, -0.25) is 14.4 Å². The van der Waals surface area contributed by atoms with Crippen molar-refractivity contribution in [1.82, 2.24) is 0 Å². The van der Waals surface area contributed by atoms with Crippen LogP contribution in [0.25, 0.3) is 0 Å². The van der Waals surface area contributed by atoms with Crippen LogP contribution in [0.5, 0.6) is 0 Å². The summed E-state index contributed by atoms with van der Waals surface area (Å²) < 4.78 is 17.0. The molecule has 0 fully saturated rings. The van der Waals surface area contributed by atoms with Crippen LogP contribution in [0, 0.1) is 0 Å². The van der Waals surface area contributed by atoms with Crippen LogP contribution < -0.4 is 0 Å². The monoisotopic (exact) mass is 1160 g/mol. The lowest BCUT2D eigenvalue weighted by atomic mass is 10.0. The molecule has 6 nitrogen and oxygen atoms in total. The molecular weight excluding hydrogens is 1010 g/mol. The Morgan fingerprint density at radius 2 is 0.402 bits per heavy atom. The van der Waals surface area contributed by atoms with Crippen molar-refractivity contribution in [3.05, 3.63) is 12.2 Å². The van der Waals surface area contributed by atoms with E-state index in [9.17, 15) is 14.4 Å². The number of esters is 3. The van der Waals surface area contributed by atoms with Gasteiger partial charge >= 0.3 is 17.9 Å². The van der Waals surface area contributed by atoms with Gasteiger partial charge in [0.15, 0.2) is 6.10 Å². The molecule has 0 aromatic rings. The number of carbonyl (C=O) groups excluding carboxylic acids is 3. The summed E-state index contributed by atoms with van der Waals surface area (Å²) >= 11 is 0. The Kier molecular flexibility index (Phi) is 70.0. The van der Waals surface area contributed by atoms with Gasteiger partial charge in [0, 0.05) is 19.3 Å². The van der Waals surface area contributed by atoms with Gasteiger partial charge in [-0.05, 0) is 44.9 Å². The summed E-state index contributed by atoms with van der Waals surface area (Å²) in [5.41, 5.74) is 0. The van der Waals surface area contributed by atoms with Crippen molar-refractivity contribution >= 4 is 17.9 Å². The van der Waals surface area contributed by atoms with E-state index in [1.165, 1.54) is 340 Å². The van der Waals surface area contributed by atoms with Gasteiger partial charge in [0.05, 0.1) is 0 Å². The zero-order valence-electron chi connectivity index (χ0n) is 56.1. The average molecular weight is 1160 g/mol. The van der Waals surface area contributed by atoms with Gasteiger partial charge in [-0.15, -0.1) is 0 Å². The van der Waals surface area contributed by atoms with E-state index in [0.29, 0.717) is 19.3 Å². The number of rotatable bonds is 71. The molecule has 0 aromatic heterocycles. The standard InChI is InChI=1S/C76H146O6/c1-4-7-10-13-16-19-22-25-27-29-31-33-34-35-36-37-38-39-40-41-42-43-45-46-48-51-54-57-60-63-66-69-75(78)81-72-73(71-80-74(77)68-65-62-59-56-53-50-24-21-18-15-12-9-6-3)82-76(79)70-67-64-61-58-55-52-49-47-44-32-30-28-26-23-20-17-14-11-8-5-2/h29,31,73H,4-28,30,32-72H2,1-3H3/b31-29-. The third-order valence-corrected chi connectivity index (χ3v) is 17.5. The van der Waals surface area contributed by atoms with Gasteiger partial charge in [-0.1, -0.05) is 386 Å². The highest BCUT2D eigenvalue weighted by Gasteiger charge is 2.20. The zero-order valence-corrected chi connectivity index (χ0v) is 56.1. The quantitative estimate of drug-likeness (QED) is 0.0261. The third kappa shape index (κ3) is 68.9. The van der Waals surface area contributed by atoms with Gasteiger partial charge in [-0.2, -0.15) is 0 Å². The lowest BCUT2D eigenvalue weighted by Crippen LogP contribution is -2.30. The van der Waals surface area contributed by atoms with Crippen LogP contribution in [0.1, 0.15) is 438 Å². The van der Waals surface area contributed by atoms with Gasteiger partial charge in [-0.25, -0.2) is 0 Å². The molecule has 0 N–H and O–H groups in total. The van der Waals surface area contributed by atoms with Crippen molar-refractivity contribution in [2.45, 2.75) is 444 Å². The molecule has 0 rings (SSSR count). The molecule has 82 heavy (non-hydrogen) atoms. The van der Waals surface area contributed by atoms with Crippen molar-refractivity contribution < 1.29 is 28.6 Å². The van der Waals surface area contributed by atoms with Gasteiger partial charge in [0.2, 0.25) is 0 Å². The topological polar surface area (TPSA) is 78.9 Å². The maximum Gasteiger partial charge on any atom is 0.306 e. The first-order valence-corrected chi connectivity index (χ1v) is 37.7. The first-order valence-electron chi connectivity index (χ1n) is 37.7. The molecule has 0 spiro atoms. The Bertz CT molecular complexity index is 1280. The number of hydrogen-bond donors (Lipinski definition) is 0. The fourth-order valence-electron chi connectivity index (χ4n) is 11.9. The number of allylic oxidation sites excluding steroid dienone is 2. The molecule has 486 valence electrons. The Balaban J connectivity index is 4.12. The van der Waals surface area contributed by atoms with E-state index in [4.69, 9.17) is 14.2 Å². The number of ether oxygens (including phenoxy) is 3. The second-order valence-electron chi connectivity index (χ2n) is 25.9. The molecule has 0 aliphatic rings. The predicted octanol–water partition coefficient (Wildman–Crippen LogP) is 26.0. The summed E-state index contributed by atoms with van der Waals surface area (Å²) in [7, 11) is 0. The molecule has 0 bridgehead atoms. The molecule has 0 aliphatic heterocycles. The van der Waals surface area contributed by atoms with Crippen molar-refractivity contribution in [2.24, 2.45) is 0 Å². The molecule has 0 aromatic carbocycles. The van der Waals surface area contributed by atoms with Crippen LogP contribution in [-0.2, 0) is 28.6 Å². The SMILES string of the molecule is CCCCCCCCCC/C=C\CCCCCCCCCCCCCCCCCCCCCC(=O)OCC(COC(=O)CCCCCCCCCCCCCCC)OC(=O)CCCCCCCCCCCCCCCCCCCCCC. The third-order valence-electron chi connectivity index (χ3n) is 17.5. The number of unbranched alkanes of at least 4 members (excludes halogenated alkanes) is 58. The van der Waals surface area contributed by atoms with E-state index in [-0.39, 0.29) is 31.1 Å². The molecule has 0 saturated heterocycles. The fraction of sp³-hybridized carbons (Fsp3) is 0.934. The van der Waals surface area contributed by atoms with Crippen LogP contribution in [0.2, 0.25) is 0 Å². The number of hydrogen-bond acceptors (Lipinski definition) is 6. The summed E-state index contributed by atoms with van der Waals surface area (Å²) in [6.07, 6.45) is 86.9. The maximum absolute atomic E-state index is 13.0. The van der Waals surface area contributed by atoms with Crippen LogP contribution in [0.15, 0.2) is 12.2 Å². The Morgan fingerprint density at radius 3 is 0.610 bits per heavy atom. The van der Waals surface area contributed by atoms with Gasteiger partial charge in [0.25, 0.3) is 0 Å². The van der Waals surface area contributed by atoms with Gasteiger partial charge < -0.3 is 14.2 Å². The Hall–Kier alpha value is -1.85. The lowest BCUT2D eigenvalue weighted by molar-refractivity contribution is -0.167. The average Bonchev–Trinajstić information content (AvgIpc) is 3.47. The minimum absolute atomic E-state index is 0.0616. The predicted molar refractivity (Wildman–Crippen MR) is 358 cm³/mol. The lowest BCUT2D eigenvalue weighted by Gasteiger charge is -2.18. The van der Waals surface area contributed by atoms with E-state index in [0.717, 1.165) is 57.8 Å². The second-order valence-corrected chi connectivity index (χ2v) is 25.9. The van der Waals surface area contributed by atoms with E-state index in [2.05, 4.69) is 32.9 Å². The van der Waals surface area contributed by atoms with Crippen molar-refractivity contribution in [3.8, 4) is 0 Å². The fourth-order valence-corrected chi connectivity index (χ4v) is 11.9. The largest absolute Gasteiger partial charge is 0.462 e. The van der Waals surface area contributed by atoms with E-state index in [1.807, 2.05) is 0 Å². The highest BCUT2D eigenvalue weighted by Crippen LogP contribution is 2.20. The normalized spacial score (nSPS) is 12.0. The van der Waals surface area contributed by atoms with Crippen LogP contribution >= 0.6 is 0 Å². The van der Waals surface area contributed by atoms with E-state index in [1.54, 1.807) is 0 Å². The maximum atomic E-state index is 13.0. The van der Waals surface area contributed by atoms with Crippen LogP contribution in [0.3, 0.4) is 0 Å². The molecule has 1 atom stereocenters. The molecule has 6 heteroatoms. The highest BCUT2D eigenvalue weighted by atomic mass is 16.6. The molecule has 0 saturated carbocycles. The summed E-state index contributed by atoms with van der Waals surface area (Å²) in [6, 6.07) is 0. The minimum atomic E-state index is -0.765. The van der Waals surface area contributed by atoms with Crippen molar-refractivity contribution in [2.75, 3.05) is 13.2 Å². The minimum Gasteiger partial charge on any atom is -0.462 e. The zero-order chi connectivity index (χ0) is 59.2. The first-order chi connectivity index (χ1) is 40.5. The first kappa shape index (κ1) is 80.2. The summed E-state index contributed by atoms with van der Waals surface area (Å²) in [5, 5.41) is 0. The molecule has 0 aliphatic carbocycles. The molecule has 0 heterocycles. The second kappa shape index (κ2) is 71.6. The highest BCUT2D eigenvalue weighted by molar-refractivity contribution is 5.71. The van der Waals surface area contributed by atoms with Crippen LogP contribution in [-0.4, -0.2) is 37.2 Å². The Labute approximate surface area is 513 Å². The van der Waals surface area contributed by atoms with Crippen molar-refractivity contribution in [3.63, 3.8) is 0 Å². The van der Waals surface area contributed by atoms with Gasteiger partial charge in [0.1, 0.15) is 13.2 Å². The molecule has 0 amide bonds. The summed E-state index contributed by atoms with van der Waals surface area (Å²) in [4.78, 5) is 38.5. The van der Waals surface area contributed by atoms with E-state index >= 15 is 0 Å². The van der Waals surface area contributed by atoms with Crippen molar-refractivity contribution in [1.29, 1.82) is 0 Å². The number of carbonyl (C=O) groups is 3. The molecule has 1 unspecified atom stereocenters. The molecular formula is C76H146O6.